The maximum atomic E-state index is 13.2. The van der Waals surface area contributed by atoms with Crippen molar-refractivity contribution in [3.8, 4) is 28.7 Å². The molecule has 32 heavy (non-hydrogen) atoms. The fourth-order valence-electron chi connectivity index (χ4n) is 4.27. The van der Waals surface area contributed by atoms with Gasteiger partial charge in [-0.15, -0.1) is 0 Å². The van der Waals surface area contributed by atoms with E-state index in [1.807, 2.05) is 0 Å². The van der Waals surface area contributed by atoms with E-state index in [1.54, 1.807) is 37.5 Å². The van der Waals surface area contributed by atoms with Crippen molar-refractivity contribution in [2.24, 2.45) is 5.92 Å². The van der Waals surface area contributed by atoms with Crippen LogP contribution in [0.3, 0.4) is 0 Å². The van der Waals surface area contributed by atoms with E-state index >= 15 is 0 Å². The molecule has 0 N–H and O–H groups in total. The Balaban J connectivity index is 1.78. The normalized spacial score (nSPS) is 18.2. The third-order valence-corrected chi connectivity index (χ3v) is 5.66. The summed E-state index contributed by atoms with van der Waals surface area (Å²) < 4.78 is 27.7. The Morgan fingerprint density at radius 3 is 2.34 bits per heavy atom. The van der Waals surface area contributed by atoms with E-state index in [9.17, 15) is 9.59 Å². The number of fused-ring (bicyclic) bond motifs is 3. The lowest BCUT2D eigenvalue weighted by Crippen LogP contribution is -2.21. The summed E-state index contributed by atoms with van der Waals surface area (Å²) in [5, 5.41) is 0. The monoisotopic (exact) mass is 438 g/mol. The number of carbonyl (C=O) groups is 2. The van der Waals surface area contributed by atoms with Gasteiger partial charge in [-0.25, -0.2) is 0 Å². The van der Waals surface area contributed by atoms with E-state index in [1.165, 1.54) is 14.2 Å². The van der Waals surface area contributed by atoms with Crippen LogP contribution in [0, 0.1) is 5.92 Å². The molecule has 0 saturated carbocycles. The van der Waals surface area contributed by atoms with E-state index in [2.05, 4.69) is 13.8 Å². The number of ether oxygens (including phenoxy) is 5. The fraction of sp³-hybridized carbons (Fsp3) is 0.360. The average molecular weight is 438 g/mol. The van der Waals surface area contributed by atoms with Gasteiger partial charge in [0.2, 0.25) is 5.78 Å². The molecule has 168 valence electrons. The van der Waals surface area contributed by atoms with E-state index in [0.717, 1.165) is 12.0 Å². The molecule has 0 spiro atoms. The van der Waals surface area contributed by atoms with Gasteiger partial charge in [0.1, 0.15) is 17.2 Å². The summed E-state index contributed by atoms with van der Waals surface area (Å²) in [4.78, 5) is 25.3. The largest absolute Gasteiger partial charge is 0.496 e. The van der Waals surface area contributed by atoms with Crippen molar-refractivity contribution in [1.29, 1.82) is 0 Å². The molecule has 2 heterocycles. The van der Waals surface area contributed by atoms with Crippen LogP contribution < -0.4 is 23.7 Å². The molecule has 0 amide bonds. The number of ketones is 1. The summed E-state index contributed by atoms with van der Waals surface area (Å²) >= 11 is 0. The number of esters is 1. The van der Waals surface area contributed by atoms with Gasteiger partial charge >= 0.3 is 5.97 Å². The Labute approximate surface area is 186 Å². The Bertz CT molecular complexity index is 1110. The number of carbonyl (C=O) groups excluding carboxylic acids is 2. The second kappa shape index (κ2) is 8.57. The molecule has 0 bridgehead atoms. The van der Waals surface area contributed by atoms with E-state index in [0.29, 0.717) is 45.8 Å². The molecule has 2 aliphatic heterocycles. The number of hydrogen-bond acceptors (Lipinski definition) is 7. The summed E-state index contributed by atoms with van der Waals surface area (Å²) in [6, 6.07) is 6.74. The first-order chi connectivity index (χ1) is 15.4. The van der Waals surface area contributed by atoms with Gasteiger partial charge in [-0.2, -0.15) is 0 Å². The molecule has 1 atom stereocenters. The van der Waals surface area contributed by atoms with Crippen molar-refractivity contribution in [2.75, 3.05) is 21.3 Å². The van der Waals surface area contributed by atoms with E-state index in [-0.39, 0.29) is 29.9 Å². The summed E-state index contributed by atoms with van der Waals surface area (Å²) in [6.45, 7) is 4.20. The molecule has 0 aliphatic carbocycles. The quantitative estimate of drug-likeness (QED) is 0.365. The molecule has 2 aliphatic rings. The van der Waals surface area contributed by atoms with Crippen molar-refractivity contribution in [3.63, 3.8) is 0 Å². The number of methoxy groups -OCH3 is 3. The molecule has 0 radical (unpaired) electrons. The molecule has 0 saturated heterocycles. The Morgan fingerprint density at radius 1 is 1.00 bits per heavy atom. The number of hydrogen-bond donors (Lipinski definition) is 0. The maximum Gasteiger partial charge on any atom is 0.311 e. The van der Waals surface area contributed by atoms with Crippen LogP contribution in [0.1, 0.15) is 54.1 Å². The molecule has 7 nitrogen and oxygen atoms in total. The zero-order valence-electron chi connectivity index (χ0n) is 18.8. The highest BCUT2D eigenvalue weighted by Gasteiger charge is 2.38. The van der Waals surface area contributed by atoms with Gasteiger partial charge in [0.15, 0.2) is 17.3 Å². The second-order valence-electron chi connectivity index (χ2n) is 8.25. The van der Waals surface area contributed by atoms with Crippen LogP contribution in [0.2, 0.25) is 0 Å². The number of rotatable bonds is 6. The van der Waals surface area contributed by atoms with Crippen molar-refractivity contribution in [3.05, 3.63) is 46.7 Å². The van der Waals surface area contributed by atoms with Crippen molar-refractivity contribution in [1.82, 2.24) is 0 Å². The highest BCUT2D eigenvalue weighted by Crippen LogP contribution is 2.49. The van der Waals surface area contributed by atoms with Crippen molar-refractivity contribution in [2.45, 2.75) is 32.6 Å². The van der Waals surface area contributed by atoms with Gasteiger partial charge in [-0.05, 0) is 36.6 Å². The second-order valence-corrected chi connectivity index (χ2v) is 8.25. The predicted octanol–water partition coefficient (Wildman–Crippen LogP) is 4.77. The Morgan fingerprint density at radius 2 is 1.69 bits per heavy atom. The third kappa shape index (κ3) is 3.79. The van der Waals surface area contributed by atoms with Crippen LogP contribution in [-0.2, 0) is 4.79 Å². The minimum Gasteiger partial charge on any atom is -0.496 e. The number of benzene rings is 2. The molecule has 2 aromatic rings. The molecule has 1 unspecified atom stereocenters. The number of allylic oxidation sites excluding steroid dienone is 1. The van der Waals surface area contributed by atoms with Gasteiger partial charge in [-0.3, -0.25) is 9.59 Å². The van der Waals surface area contributed by atoms with Gasteiger partial charge in [0, 0.05) is 23.1 Å². The molecule has 0 fully saturated rings. The maximum absolute atomic E-state index is 13.2. The summed E-state index contributed by atoms with van der Waals surface area (Å²) in [5.74, 6) is 2.43. The summed E-state index contributed by atoms with van der Waals surface area (Å²) in [7, 11) is 4.62. The van der Waals surface area contributed by atoms with Crippen LogP contribution in [0.5, 0.6) is 28.7 Å². The van der Waals surface area contributed by atoms with Gasteiger partial charge in [0.05, 0.1) is 33.3 Å². The van der Waals surface area contributed by atoms with Gasteiger partial charge in [0.25, 0.3) is 0 Å². The zero-order chi connectivity index (χ0) is 23.0. The van der Waals surface area contributed by atoms with Crippen LogP contribution in [-0.4, -0.2) is 33.1 Å². The lowest BCUT2D eigenvalue weighted by molar-refractivity contribution is -0.136. The minimum absolute atomic E-state index is 0.0658. The predicted molar refractivity (Wildman–Crippen MR) is 118 cm³/mol. The van der Waals surface area contributed by atoms with Crippen LogP contribution >= 0.6 is 0 Å². The smallest absolute Gasteiger partial charge is 0.311 e. The highest BCUT2D eigenvalue weighted by molar-refractivity contribution is 6.15. The molecular weight excluding hydrogens is 412 g/mol. The molecule has 7 heteroatoms. The number of Topliss-reactive ketones (excluding diaryl/α,β-unsaturated/α-hetero) is 1. The van der Waals surface area contributed by atoms with E-state index < -0.39 is 0 Å². The molecule has 2 aromatic carbocycles. The van der Waals surface area contributed by atoms with Crippen LogP contribution in [0.15, 0.2) is 30.0 Å². The third-order valence-electron chi connectivity index (χ3n) is 5.66. The summed E-state index contributed by atoms with van der Waals surface area (Å²) in [6.07, 6.45) is 2.68. The van der Waals surface area contributed by atoms with E-state index in [4.69, 9.17) is 23.7 Å². The molecular formula is C25H26O7. The topological polar surface area (TPSA) is 80.3 Å². The van der Waals surface area contributed by atoms with Crippen molar-refractivity contribution < 1.29 is 33.3 Å². The lowest BCUT2D eigenvalue weighted by atomic mass is 9.84. The van der Waals surface area contributed by atoms with Gasteiger partial charge < -0.3 is 23.7 Å². The Kier molecular flexibility index (Phi) is 5.82. The molecule has 4 rings (SSSR count). The highest BCUT2D eigenvalue weighted by atomic mass is 16.5. The van der Waals surface area contributed by atoms with Gasteiger partial charge in [-0.1, -0.05) is 13.8 Å². The first-order valence-electron chi connectivity index (χ1n) is 10.5. The SMILES string of the molecule is COc1cc(OC)c(OC)cc1/C=C1\Oc2c(ccc3c2C(CC(C)C)CC(=O)O3)C1=O. The first-order valence-corrected chi connectivity index (χ1v) is 10.5. The fourth-order valence-corrected chi connectivity index (χ4v) is 4.27. The zero-order valence-corrected chi connectivity index (χ0v) is 18.8. The average Bonchev–Trinajstić information content (AvgIpc) is 3.07. The lowest BCUT2D eigenvalue weighted by Gasteiger charge is -2.27. The minimum atomic E-state index is -0.266. The molecule has 0 aromatic heterocycles. The van der Waals surface area contributed by atoms with Crippen LogP contribution in [0.25, 0.3) is 6.08 Å². The van der Waals surface area contributed by atoms with Crippen LogP contribution in [0.4, 0.5) is 0 Å². The Hall–Kier alpha value is -3.48. The van der Waals surface area contributed by atoms with Crippen molar-refractivity contribution >= 4 is 17.8 Å². The first kappa shape index (κ1) is 21.7. The summed E-state index contributed by atoms with van der Waals surface area (Å²) in [5.41, 5.74) is 1.85. The standard InChI is InChI=1S/C25H26O7/c1-13(2)8-15-11-22(26)31-17-7-6-16-24(27)21(32-25(16)23(15)17)10-14-9-19(29-4)20(30-5)12-18(14)28-3/h6-7,9-10,12-13,15H,8,11H2,1-5H3/b21-10-.